The van der Waals surface area contributed by atoms with Gasteiger partial charge in [0.1, 0.15) is 10.6 Å². The number of carbonyl (C=O) groups excluding carboxylic acids is 2. The lowest BCUT2D eigenvalue weighted by molar-refractivity contribution is 0.0603. The number of hydrogen-bond donors (Lipinski definition) is 2. The smallest absolute Gasteiger partial charge is 0.341 e. The topological polar surface area (TPSA) is 67.4 Å². The highest BCUT2D eigenvalue weighted by Gasteiger charge is 2.24. The molecule has 4 aromatic rings. The van der Waals surface area contributed by atoms with Crippen LogP contribution >= 0.6 is 23.6 Å². The van der Waals surface area contributed by atoms with Gasteiger partial charge in [-0.3, -0.25) is 4.79 Å². The third-order valence-electron chi connectivity index (χ3n) is 5.22. The Hall–Kier alpha value is -3.81. The first-order chi connectivity index (χ1) is 16.5. The zero-order chi connectivity index (χ0) is 24.1. The number of rotatable bonds is 6. The fraction of sp³-hybridized carbons (Fsp3) is 0.0741. The predicted octanol–water partition coefficient (Wildman–Crippen LogP) is 6.55. The van der Waals surface area contributed by atoms with Crippen LogP contribution in [0.1, 0.15) is 31.2 Å². The molecule has 0 bridgehead atoms. The van der Waals surface area contributed by atoms with Gasteiger partial charge in [0.2, 0.25) is 0 Å². The van der Waals surface area contributed by atoms with Gasteiger partial charge in [-0.05, 0) is 36.8 Å². The number of thiocarbonyl (C=S) groups is 1. The van der Waals surface area contributed by atoms with E-state index in [9.17, 15) is 9.59 Å². The van der Waals surface area contributed by atoms with Crippen LogP contribution < -0.4 is 10.6 Å². The molecular weight excluding hydrogens is 464 g/mol. The minimum atomic E-state index is -0.451. The second-order valence-electron chi connectivity index (χ2n) is 7.41. The molecular formula is C27H22N2O3S2. The van der Waals surface area contributed by atoms with Crippen LogP contribution in [-0.2, 0) is 4.74 Å². The highest BCUT2D eigenvalue weighted by molar-refractivity contribution is 7.80. The van der Waals surface area contributed by atoms with Crippen molar-refractivity contribution in [2.24, 2.45) is 0 Å². The molecule has 0 aliphatic rings. The average molecular weight is 487 g/mol. The summed E-state index contributed by atoms with van der Waals surface area (Å²) in [6.45, 7) is 1.95. The van der Waals surface area contributed by atoms with Crippen molar-refractivity contribution in [2.45, 2.75) is 6.92 Å². The number of methoxy groups -OCH3 is 1. The summed E-state index contributed by atoms with van der Waals surface area (Å²) in [6, 6.07) is 25.9. The van der Waals surface area contributed by atoms with E-state index in [0.717, 1.165) is 16.0 Å². The van der Waals surface area contributed by atoms with Crippen molar-refractivity contribution < 1.29 is 14.3 Å². The van der Waals surface area contributed by atoms with Crippen molar-refractivity contribution in [1.29, 1.82) is 0 Å². The normalized spacial score (nSPS) is 10.4. The van der Waals surface area contributed by atoms with Gasteiger partial charge in [-0.1, -0.05) is 72.8 Å². The van der Waals surface area contributed by atoms with Gasteiger partial charge >= 0.3 is 5.97 Å². The molecule has 1 aromatic heterocycles. The molecule has 0 amide bonds. The van der Waals surface area contributed by atoms with Crippen LogP contribution in [0.25, 0.3) is 11.1 Å². The first kappa shape index (κ1) is 23.4. The van der Waals surface area contributed by atoms with Crippen molar-refractivity contribution in [2.75, 3.05) is 17.7 Å². The highest BCUT2D eigenvalue weighted by Crippen LogP contribution is 2.40. The number of ether oxygens (including phenoxy) is 1. The molecule has 0 aliphatic carbocycles. The zero-order valence-corrected chi connectivity index (χ0v) is 20.3. The van der Waals surface area contributed by atoms with E-state index in [0.29, 0.717) is 27.4 Å². The molecule has 0 radical (unpaired) electrons. The lowest BCUT2D eigenvalue weighted by Gasteiger charge is -2.14. The number of esters is 1. The Morgan fingerprint density at radius 3 is 2.15 bits per heavy atom. The highest BCUT2D eigenvalue weighted by atomic mass is 32.1. The van der Waals surface area contributed by atoms with Gasteiger partial charge in [0.25, 0.3) is 0 Å². The lowest BCUT2D eigenvalue weighted by atomic mass is 10.0. The number of benzene rings is 3. The number of aryl methyl sites for hydroxylation is 1. The first-order valence-corrected chi connectivity index (χ1v) is 11.8. The molecule has 0 saturated heterocycles. The largest absolute Gasteiger partial charge is 0.465 e. The maximum absolute atomic E-state index is 13.0. The van der Waals surface area contributed by atoms with Crippen molar-refractivity contribution >= 4 is 51.1 Å². The number of para-hydroxylation sites is 1. The SMILES string of the molecule is COC(=O)c1c(NC(=S)Nc2ccccc2C(=O)c2ccccc2)sc(C)c1-c1ccccc1. The maximum Gasteiger partial charge on any atom is 0.341 e. The summed E-state index contributed by atoms with van der Waals surface area (Å²) >= 11 is 6.97. The average Bonchev–Trinajstić information content (AvgIpc) is 3.19. The van der Waals surface area contributed by atoms with Crippen molar-refractivity contribution in [3.8, 4) is 11.1 Å². The number of ketones is 1. The molecule has 7 heteroatoms. The number of nitrogens with one attached hydrogen (secondary N) is 2. The van der Waals surface area contributed by atoms with E-state index in [-0.39, 0.29) is 10.9 Å². The fourth-order valence-corrected chi connectivity index (χ4v) is 5.02. The maximum atomic E-state index is 13.0. The Morgan fingerprint density at radius 2 is 1.47 bits per heavy atom. The molecule has 2 N–H and O–H groups in total. The summed E-state index contributed by atoms with van der Waals surface area (Å²) in [5.41, 5.74) is 3.81. The van der Waals surface area contributed by atoms with Crippen molar-refractivity contribution in [3.05, 3.63) is 106 Å². The molecule has 170 valence electrons. The Balaban J connectivity index is 1.63. The molecule has 3 aromatic carbocycles. The summed E-state index contributed by atoms with van der Waals surface area (Å²) in [7, 11) is 1.36. The number of hydrogen-bond acceptors (Lipinski definition) is 5. The van der Waals surface area contributed by atoms with E-state index in [1.165, 1.54) is 18.4 Å². The quantitative estimate of drug-likeness (QED) is 0.183. The molecule has 34 heavy (non-hydrogen) atoms. The van der Waals surface area contributed by atoms with E-state index in [1.807, 2.05) is 67.6 Å². The zero-order valence-electron chi connectivity index (χ0n) is 18.6. The minimum absolute atomic E-state index is 0.111. The lowest BCUT2D eigenvalue weighted by Crippen LogP contribution is -2.21. The summed E-state index contributed by atoms with van der Waals surface area (Å²) < 4.78 is 5.07. The van der Waals surface area contributed by atoms with Crippen LogP contribution in [-0.4, -0.2) is 24.0 Å². The molecule has 0 unspecified atom stereocenters. The molecule has 0 fully saturated rings. The van der Waals surface area contributed by atoms with E-state index in [4.69, 9.17) is 17.0 Å². The third kappa shape index (κ3) is 4.90. The van der Waals surface area contributed by atoms with Crippen molar-refractivity contribution in [1.82, 2.24) is 0 Å². The third-order valence-corrected chi connectivity index (χ3v) is 6.44. The van der Waals surface area contributed by atoms with Gasteiger partial charge in [0.15, 0.2) is 10.9 Å². The van der Waals surface area contributed by atoms with Gasteiger partial charge in [-0.2, -0.15) is 0 Å². The van der Waals surface area contributed by atoms with E-state index < -0.39 is 5.97 Å². The Bertz CT molecular complexity index is 1350. The Morgan fingerprint density at radius 1 is 0.853 bits per heavy atom. The fourth-order valence-electron chi connectivity index (χ4n) is 3.67. The molecule has 0 saturated carbocycles. The van der Waals surface area contributed by atoms with E-state index >= 15 is 0 Å². The summed E-state index contributed by atoms with van der Waals surface area (Å²) in [5.74, 6) is -0.562. The first-order valence-electron chi connectivity index (χ1n) is 10.5. The second-order valence-corrected chi connectivity index (χ2v) is 9.05. The number of carbonyl (C=O) groups is 2. The second kappa shape index (κ2) is 10.4. The van der Waals surface area contributed by atoms with Gasteiger partial charge in [-0.15, -0.1) is 11.3 Å². The van der Waals surface area contributed by atoms with Crippen LogP contribution in [0.15, 0.2) is 84.9 Å². The summed E-state index contributed by atoms with van der Waals surface area (Å²) in [4.78, 5) is 26.7. The van der Waals surface area contributed by atoms with Crippen LogP contribution in [0.2, 0.25) is 0 Å². The van der Waals surface area contributed by atoms with Gasteiger partial charge in [-0.25, -0.2) is 4.79 Å². The minimum Gasteiger partial charge on any atom is -0.465 e. The monoisotopic (exact) mass is 486 g/mol. The van der Waals surface area contributed by atoms with Crippen LogP contribution in [0.4, 0.5) is 10.7 Å². The molecule has 4 rings (SSSR count). The van der Waals surface area contributed by atoms with Gasteiger partial charge in [0.05, 0.1) is 12.8 Å². The molecule has 5 nitrogen and oxygen atoms in total. The van der Waals surface area contributed by atoms with Crippen LogP contribution in [0.5, 0.6) is 0 Å². The van der Waals surface area contributed by atoms with E-state index in [2.05, 4.69) is 10.6 Å². The van der Waals surface area contributed by atoms with Crippen LogP contribution in [0.3, 0.4) is 0 Å². The number of anilines is 2. The Labute approximate surface area is 207 Å². The summed E-state index contributed by atoms with van der Waals surface area (Å²) in [6.07, 6.45) is 0. The Kier molecular flexibility index (Phi) is 7.15. The predicted molar refractivity (Wildman–Crippen MR) is 142 cm³/mol. The summed E-state index contributed by atoms with van der Waals surface area (Å²) in [5, 5.41) is 7.09. The van der Waals surface area contributed by atoms with Crippen molar-refractivity contribution in [3.63, 3.8) is 0 Å². The van der Waals surface area contributed by atoms with E-state index in [1.54, 1.807) is 24.3 Å². The molecule has 0 aliphatic heterocycles. The molecule has 1 heterocycles. The van der Waals surface area contributed by atoms with Crippen LogP contribution in [0, 0.1) is 6.92 Å². The van der Waals surface area contributed by atoms with Gasteiger partial charge < -0.3 is 15.4 Å². The number of thiophene rings is 1. The molecule has 0 atom stereocenters. The standard InChI is InChI=1S/C27H22N2O3S2/c1-17-22(18-11-5-3-6-12-18)23(26(31)32-2)25(34-17)29-27(33)28-21-16-10-9-15-20(21)24(30)19-13-7-4-8-14-19/h3-16H,1-2H3,(H2,28,29,33). The molecule has 0 spiro atoms. The van der Waals surface area contributed by atoms with Gasteiger partial charge in [0, 0.05) is 21.6 Å².